The molecule has 0 radical (unpaired) electrons. The van der Waals surface area contributed by atoms with Crippen LogP contribution in [-0.4, -0.2) is 15.0 Å². The first kappa shape index (κ1) is 32.3. The fourth-order valence-electron chi connectivity index (χ4n) is 8.58. The lowest BCUT2D eigenvalue weighted by molar-refractivity contribution is 0.595. The molecule has 0 aliphatic heterocycles. The highest BCUT2D eigenvalue weighted by Gasteiger charge is 2.29. The summed E-state index contributed by atoms with van der Waals surface area (Å²) >= 11 is 0. The van der Waals surface area contributed by atoms with Crippen molar-refractivity contribution in [1.82, 2.24) is 15.0 Å². The van der Waals surface area contributed by atoms with E-state index in [-0.39, 0.29) is 11.8 Å². The van der Waals surface area contributed by atoms with Gasteiger partial charge in [0, 0.05) is 33.4 Å². The molecular formula is C52H35N3O. The van der Waals surface area contributed by atoms with Gasteiger partial charge < -0.3 is 4.42 Å². The summed E-state index contributed by atoms with van der Waals surface area (Å²) in [6.45, 7) is 2.27. The molecule has 4 heteroatoms. The van der Waals surface area contributed by atoms with Gasteiger partial charge in [0.15, 0.2) is 17.5 Å². The molecule has 2 aliphatic carbocycles. The number of aromatic nitrogens is 3. The van der Waals surface area contributed by atoms with E-state index in [9.17, 15) is 0 Å². The normalized spacial score (nSPS) is 16.4. The van der Waals surface area contributed by atoms with Crippen molar-refractivity contribution >= 4 is 49.1 Å². The predicted octanol–water partition coefficient (Wildman–Crippen LogP) is 13.4. The van der Waals surface area contributed by atoms with E-state index in [1.165, 1.54) is 38.2 Å². The Balaban J connectivity index is 1.09. The number of nitrogens with zero attached hydrogens (tertiary/aromatic N) is 3. The third kappa shape index (κ3) is 5.41. The van der Waals surface area contributed by atoms with Crippen LogP contribution in [0.25, 0.3) is 94.1 Å². The average molecular weight is 718 g/mol. The smallest absolute Gasteiger partial charge is 0.164 e. The third-order valence-electron chi connectivity index (χ3n) is 11.5. The molecule has 2 unspecified atom stereocenters. The Kier molecular flexibility index (Phi) is 7.49. The lowest BCUT2D eigenvalue weighted by atomic mass is 9.76. The molecule has 4 nitrogen and oxygen atoms in total. The Bertz CT molecular complexity index is 3150. The molecule has 0 N–H and O–H groups in total. The highest BCUT2D eigenvalue weighted by atomic mass is 16.3. The first-order chi connectivity index (χ1) is 27.6. The largest absolute Gasteiger partial charge is 0.456 e. The van der Waals surface area contributed by atoms with Crippen LogP contribution in [0.4, 0.5) is 0 Å². The van der Waals surface area contributed by atoms with Crippen LogP contribution in [0.15, 0.2) is 192 Å². The van der Waals surface area contributed by atoms with Crippen LogP contribution in [0, 0.1) is 11.8 Å². The fourth-order valence-corrected chi connectivity index (χ4v) is 8.58. The SMILES string of the molecule is CC1C(c2nc(-c3ccc4ccc5ccccc5c4c3)nc(-c3cccc4oc5ccc(-c6ccc(-c7ccccc7)cc6)cc5c34)n2)=CC=C2C=CC=CC21. The quantitative estimate of drug-likeness (QED) is 0.166. The van der Waals surface area contributed by atoms with Crippen LogP contribution in [0.3, 0.4) is 0 Å². The minimum Gasteiger partial charge on any atom is -0.456 e. The molecule has 0 saturated heterocycles. The van der Waals surface area contributed by atoms with Gasteiger partial charge in [0.2, 0.25) is 0 Å². The summed E-state index contributed by atoms with van der Waals surface area (Å²) in [5, 5.41) is 6.79. The van der Waals surface area contributed by atoms with Crippen molar-refractivity contribution in [3.8, 4) is 45.0 Å². The van der Waals surface area contributed by atoms with Crippen molar-refractivity contribution in [3.63, 3.8) is 0 Å². The zero-order valence-corrected chi connectivity index (χ0v) is 30.7. The maximum atomic E-state index is 6.50. The standard InChI is InChI=1S/C52H35N3O/c1-32-41-14-7-5-12-36(41)26-28-42(32)51-53-50(40-25-24-38-23-22-37-13-6-8-15-43(37)45(38)31-40)54-52(55-51)44-16-9-17-48-49(44)46-30-39(27-29-47(46)56-48)35-20-18-34(19-21-35)33-10-3-2-4-11-33/h2-32,41H,1H3. The first-order valence-electron chi connectivity index (χ1n) is 19.2. The highest BCUT2D eigenvalue weighted by Crippen LogP contribution is 2.42. The molecule has 264 valence electrons. The number of allylic oxidation sites excluding steroid dienone is 8. The van der Waals surface area contributed by atoms with Crippen LogP contribution >= 0.6 is 0 Å². The van der Waals surface area contributed by atoms with Crippen LogP contribution in [0.2, 0.25) is 0 Å². The Hall–Kier alpha value is -7.17. The van der Waals surface area contributed by atoms with Gasteiger partial charge in [0.05, 0.1) is 0 Å². The van der Waals surface area contributed by atoms with Crippen molar-refractivity contribution in [2.45, 2.75) is 6.92 Å². The molecule has 2 atom stereocenters. The molecule has 56 heavy (non-hydrogen) atoms. The number of hydrogen-bond donors (Lipinski definition) is 0. The second kappa shape index (κ2) is 13.0. The number of furan rings is 1. The van der Waals surface area contributed by atoms with Crippen LogP contribution in [-0.2, 0) is 0 Å². The van der Waals surface area contributed by atoms with Crippen molar-refractivity contribution < 1.29 is 4.42 Å². The summed E-state index contributed by atoms with van der Waals surface area (Å²) in [6.07, 6.45) is 13.1. The van der Waals surface area contributed by atoms with Gasteiger partial charge in [-0.3, -0.25) is 0 Å². The Morgan fingerprint density at radius 1 is 0.482 bits per heavy atom. The molecule has 2 heterocycles. The number of benzene rings is 7. The molecule has 0 spiro atoms. The molecular weight excluding hydrogens is 683 g/mol. The number of fused-ring (bicyclic) bond motifs is 7. The van der Waals surface area contributed by atoms with Gasteiger partial charge in [-0.2, -0.15) is 0 Å². The molecule has 0 fully saturated rings. The number of hydrogen-bond acceptors (Lipinski definition) is 4. The van der Waals surface area contributed by atoms with E-state index in [2.05, 4.69) is 171 Å². The molecule has 2 aliphatic rings. The Labute approximate surface area is 324 Å². The minimum absolute atomic E-state index is 0.182. The molecule has 0 bridgehead atoms. The average Bonchev–Trinajstić information content (AvgIpc) is 3.65. The third-order valence-corrected chi connectivity index (χ3v) is 11.5. The zero-order chi connectivity index (χ0) is 37.2. The second-order valence-electron chi connectivity index (χ2n) is 14.8. The van der Waals surface area contributed by atoms with Crippen LogP contribution in [0.1, 0.15) is 12.7 Å². The summed E-state index contributed by atoms with van der Waals surface area (Å²) < 4.78 is 6.50. The summed E-state index contributed by atoms with van der Waals surface area (Å²) in [4.78, 5) is 15.8. The Morgan fingerprint density at radius 2 is 1.16 bits per heavy atom. The van der Waals surface area contributed by atoms with E-state index in [1.807, 2.05) is 18.2 Å². The van der Waals surface area contributed by atoms with E-state index in [4.69, 9.17) is 19.4 Å². The predicted molar refractivity (Wildman–Crippen MR) is 231 cm³/mol. The summed E-state index contributed by atoms with van der Waals surface area (Å²) in [6, 6.07) is 51.3. The number of rotatable bonds is 5. The van der Waals surface area contributed by atoms with Gasteiger partial charge in [-0.15, -0.1) is 0 Å². The minimum atomic E-state index is 0.182. The molecule has 9 aromatic rings. The van der Waals surface area contributed by atoms with Gasteiger partial charge in [-0.25, -0.2) is 15.0 Å². The van der Waals surface area contributed by atoms with E-state index in [0.717, 1.165) is 49.8 Å². The lowest BCUT2D eigenvalue weighted by Gasteiger charge is -2.29. The van der Waals surface area contributed by atoms with Crippen LogP contribution < -0.4 is 0 Å². The van der Waals surface area contributed by atoms with Gasteiger partial charge in [0.25, 0.3) is 0 Å². The summed E-state index contributed by atoms with van der Waals surface area (Å²) in [5.41, 5.74) is 10.5. The first-order valence-corrected chi connectivity index (χ1v) is 19.2. The zero-order valence-electron chi connectivity index (χ0n) is 30.7. The van der Waals surface area contributed by atoms with Crippen LogP contribution in [0.5, 0.6) is 0 Å². The Morgan fingerprint density at radius 3 is 2.04 bits per heavy atom. The molecule has 11 rings (SSSR count). The maximum absolute atomic E-state index is 6.50. The van der Waals surface area contributed by atoms with Gasteiger partial charge in [-0.05, 0) is 79.6 Å². The van der Waals surface area contributed by atoms with Crippen molar-refractivity contribution in [1.29, 1.82) is 0 Å². The van der Waals surface area contributed by atoms with E-state index < -0.39 is 0 Å². The topological polar surface area (TPSA) is 51.8 Å². The van der Waals surface area contributed by atoms with Gasteiger partial charge in [-0.1, -0.05) is 165 Å². The highest BCUT2D eigenvalue weighted by molar-refractivity contribution is 6.13. The van der Waals surface area contributed by atoms with E-state index in [1.54, 1.807) is 0 Å². The summed E-state index contributed by atoms with van der Waals surface area (Å²) in [7, 11) is 0. The summed E-state index contributed by atoms with van der Waals surface area (Å²) in [5.74, 6) is 2.40. The van der Waals surface area contributed by atoms with Crippen molar-refractivity contribution in [3.05, 3.63) is 193 Å². The fraction of sp³-hybridized carbons (Fsp3) is 0.0577. The second-order valence-corrected chi connectivity index (χ2v) is 14.8. The van der Waals surface area contributed by atoms with E-state index in [0.29, 0.717) is 17.5 Å². The molecule has 0 amide bonds. The molecule has 7 aromatic carbocycles. The van der Waals surface area contributed by atoms with E-state index >= 15 is 0 Å². The monoisotopic (exact) mass is 717 g/mol. The van der Waals surface area contributed by atoms with Gasteiger partial charge in [0.1, 0.15) is 11.2 Å². The maximum Gasteiger partial charge on any atom is 0.164 e. The van der Waals surface area contributed by atoms with Crippen molar-refractivity contribution in [2.75, 3.05) is 0 Å². The lowest BCUT2D eigenvalue weighted by Crippen LogP contribution is -2.19. The van der Waals surface area contributed by atoms with Crippen molar-refractivity contribution in [2.24, 2.45) is 11.8 Å². The van der Waals surface area contributed by atoms with Gasteiger partial charge >= 0.3 is 0 Å². The molecule has 2 aromatic heterocycles. The molecule has 0 saturated carbocycles.